The van der Waals surface area contributed by atoms with Gasteiger partial charge in [-0.15, -0.1) is 0 Å². The number of aldehydes is 1. The Kier molecular flexibility index (Phi) is 4.11. The van der Waals surface area contributed by atoms with Gasteiger partial charge in [-0.1, -0.05) is 6.92 Å². The summed E-state index contributed by atoms with van der Waals surface area (Å²) in [5, 5.41) is 0. The molecule has 0 aromatic carbocycles. The van der Waals surface area contributed by atoms with E-state index in [4.69, 9.17) is 0 Å². The standard InChI is InChI=1S/C11H16N2O/c1-3-7-13(4-2)11-6-5-10(9-14)8-12-11/h5-6,8-9H,3-4,7H2,1-2H3. The third kappa shape index (κ3) is 2.55. The topological polar surface area (TPSA) is 33.2 Å². The number of nitrogens with zero attached hydrogens (tertiary/aromatic N) is 2. The summed E-state index contributed by atoms with van der Waals surface area (Å²) in [6.07, 6.45) is 3.53. The van der Waals surface area contributed by atoms with Gasteiger partial charge in [-0.05, 0) is 25.5 Å². The van der Waals surface area contributed by atoms with Crippen molar-refractivity contribution in [2.24, 2.45) is 0 Å². The average molecular weight is 192 g/mol. The van der Waals surface area contributed by atoms with E-state index in [2.05, 4.69) is 23.7 Å². The third-order valence-corrected chi connectivity index (χ3v) is 2.11. The Morgan fingerprint density at radius 3 is 2.64 bits per heavy atom. The molecule has 0 aliphatic carbocycles. The third-order valence-electron chi connectivity index (χ3n) is 2.11. The van der Waals surface area contributed by atoms with E-state index in [1.54, 1.807) is 12.3 Å². The Hall–Kier alpha value is -1.38. The van der Waals surface area contributed by atoms with Crippen molar-refractivity contribution in [1.82, 2.24) is 4.98 Å². The molecule has 1 aromatic heterocycles. The van der Waals surface area contributed by atoms with Crippen molar-refractivity contribution in [3.05, 3.63) is 23.9 Å². The number of hydrogen-bond donors (Lipinski definition) is 0. The minimum absolute atomic E-state index is 0.626. The Balaban J connectivity index is 2.77. The molecule has 0 aliphatic rings. The van der Waals surface area contributed by atoms with Crippen LogP contribution < -0.4 is 4.90 Å². The predicted molar refractivity (Wildman–Crippen MR) is 57.8 cm³/mol. The molecule has 1 heterocycles. The lowest BCUT2D eigenvalue weighted by Crippen LogP contribution is -2.24. The number of carbonyl (C=O) groups is 1. The first-order valence-corrected chi connectivity index (χ1v) is 4.98. The first-order chi connectivity index (χ1) is 6.81. The van der Waals surface area contributed by atoms with Crippen molar-refractivity contribution in [1.29, 1.82) is 0 Å². The first kappa shape index (κ1) is 10.7. The Bertz CT molecular complexity index is 282. The Morgan fingerprint density at radius 2 is 2.21 bits per heavy atom. The minimum atomic E-state index is 0.626. The minimum Gasteiger partial charge on any atom is -0.357 e. The van der Waals surface area contributed by atoms with Crippen LogP contribution in [0.15, 0.2) is 18.3 Å². The predicted octanol–water partition coefficient (Wildman–Crippen LogP) is 2.13. The molecule has 0 amide bonds. The van der Waals surface area contributed by atoms with E-state index < -0.39 is 0 Å². The summed E-state index contributed by atoms with van der Waals surface area (Å²) in [4.78, 5) is 16.9. The summed E-state index contributed by atoms with van der Waals surface area (Å²) in [5.41, 5.74) is 0.626. The second-order valence-corrected chi connectivity index (χ2v) is 3.15. The number of carbonyl (C=O) groups excluding carboxylic acids is 1. The smallest absolute Gasteiger partial charge is 0.151 e. The van der Waals surface area contributed by atoms with E-state index in [0.717, 1.165) is 31.6 Å². The highest BCUT2D eigenvalue weighted by molar-refractivity contribution is 5.74. The van der Waals surface area contributed by atoms with Crippen LogP contribution >= 0.6 is 0 Å². The Labute approximate surface area is 84.8 Å². The molecule has 3 nitrogen and oxygen atoms in total. The molecule has 1 aromatic rings. The van der Waals surface area contributed by atoms with E-state index in [9.17, 15) is 4.79 Å². The maximum absolute atomic E-state index is 10.4. The summed E-state index contributed by atoms with van der Waals surface area (Å²) in [6, 6.07) is 3.69. The molecule has 3 heteroatoms. The van der Waals surface area contributed by atoms with Crippen molar-refractivity contribution < 1.29 is 4.79 Å². The van der Waals surface area contributed by atoms with Crippen LogP contribution in [0.1, 0.15) is 30.6 Å². The molecule has 0 fully saturated rings. The lowest BCUT2D eigenvalue weighted by molar-refractivity contribution is 0.112. The van der Waals surface area contributed by atoms with E-state index in [0.29, 0.717) is 5.56 Å². The molecule has 76 valence electrons. The maximum atomic E-state index is 10.4. The average Bonchev–Trinajstić information content (AvgIpc) is 2.26. The summed E-state index contributed by atoms with van der Waals surface area (Å²) >= 11 is 0. The van der Waals surface area contributed by atoms with Crippen LogP contribution in [0, 0.1) is 0 Å². The van der Waals surface area contributed by atoms with Gasteiger partial charge in [0.25, 0.3) is 0 Å². The Morgan fingerprint density at radius 1 is 1.43 bits per heavy atom. The van der Waals surface area contributed by atoms with Gasteiger partial charge in [-0.25, -0.2) is 4.98 Å². The van der Waals surface area contributed by atoms with Crippen molar-refractivity contribution in [2.75, 3.05) is 18.0 Å². The van der Waals surface area contributed by atoms with Gasteiger partial charge in [0, 0.05) is 24.8 Å². The number of anilines is 1. The fourth-order valence-corrected chi connectivity index (χ4v) is 1.36. The van der Waals surface area contributed by atoms with Crippen LogP contribution in [0.5, 0.6) is 0 Å². The van der Waals surface area contributed by atoms with Crippen molar-refractivity contribution in [2.45, 2.75) is 20.3 Å². The second-order valence-electron chi connectivity index (χ2n) is 3.15. The van der Waals surface area contributed by atoms with Crippen LogP contribution in [-0.2, 0) is 0 Å². The second kappa shape index (κ2) is 5.37. The van der Waals surface area contributed by atoms with Gasteiger partial charge in [0.15, 0.2) is 6.29 Å². The molecule has 0 N–H and O–H groups in total. The van der Waals surface area contributed by atoms with Crippen molar-refractivity contribution >= 4 is 12.1 Å². The van der Waals surface area contributed by atoms with Crippen LogP contribution in [0.25, 0.3) is 0 Å². The number of hydrogen-bond acceptors (Lipinski definition) is 3. The monoisotopic (exact) mass is 192 g/mol. The van der Waals surface area contributed by atoms with E-state index >= 15 is 0 Å². The highest BCUT2D eigenvalue weighted by Crippen LogP contribution is 2.10. The van der Waals surface area contributed by atoms with Crippen LogP contribution in [0.2, 0.25) is 0 Å². The molecule has 0 saturated heterocycles. The van der Waals surface area contributed by atoms with Gasteiger partial charge in [0.2, 0.25) is 0 Å². The molecular formula is C11H16N2O. The number of rotatable bonds is 5. The van der Waals surface area contributed by atoms with Gasteiger partial charge in [0.05, 0.1) is 0 Å². The SMILES string of the molecule is CCCN(CC)c1ccc(C=O)cn1. The van der Waals surface area contributed by atoms with Gasteiger partial charge in [0.1, 0.15) is 5.82 Å². The lowest BCUT2D eigenvalue weighted by atomic mass is 10.3. The molecule has 0 unspecified atom stereocenters. The molecule has 0 aliphatic heterocycles. The van der Waals surface area contributed by atoms with Crippen LogP contribution in [0.3, 0.4) is 0 Å². The van der Waals surface area contributed by atoms with Crippen LogP contribution in [-0.4, -0.2) is 24.4 Å². The summed E-state index contributed by atoms with van der Waals surface area (Å²) < 4.78 is 0. The highest BCUT2D eigenvalue weighted by Gasteiger charge is 2.03. The van der Waals surface area contributed by atoms with Gasteiger partial charge in [-0.3, -0.25) is 4.79 Å². The molecule has 0 saturated carbocycles. The van der Waals surface area contributed by atoms with Gasteiger partial charge >= 0.3 is 0 Å². The fraction of sp³-hybridized carbons (Fsp3) is 0.455. The largest absolute Gasteiger partial charge is 0.357 e. The summed E-state index contributed by atoms with van der Waals surface area (Å²) in [6.45, 7) is 6.19. The lowest BCUT2D eigenvalue weighted by Gasteiger charge is -2.20. The van der Waals surface area contributed by atoms with E-state index in [-0.39, 0.29) is 0 Å². The summed E-state index contributed by atoms with van der Waals surface area (Å²) in [7, 11) is 0. The normalized spacial score (nSPS) is 9.86. The quantitative estimate of drug-likeness (QED) is 0.670. The number of aromatic nitrogens is 1. The van der Waals surface area contributed by atoms with E-state index in [1.165, 1.54) is 0 Å². The first-order valence-electron chi connectivity index (χ1n) is 4.98. The van der Waals surface area contributed by atoms with Gasteiger partial charge < -0.3 is 4.90 Å². The van der Waals surface area contributed by atoms with Crippen molar-refractivity contribution in [3.63, 3.8) is 0 Å². The zero-order valence-electron chi connectivity index (χ0n) is 8.73. The molecule has 0 radical (unpaired) electrons. The molecule has 0 spiro atoms. The zero-order chi connectivity index (χ0) is 10.4. The zero-order valence-corrected chi connectivity index (χ0v) is 8.73. The molecule has 1 rings (SSSR count). The highest BCUT2D eigenvalue weighted by atomic mass is 16.1. The van der Waals surface area contributed by atoms with Crippen LogP contribution in [0.4, 0.5) is 5.82 Å². The molecule has 14 heavy (non-hydrogen) atoms. The maximum Gasteiger partial charge on any atom is 0.151 e. The summed E-state index contributed by atoms with van der Waals surface area (Å²) in [5.74, 6) is 0.944. The van der Waals surface area contributed by atoms with Gasteiger partial charge in [-0.2, -0.15) is 0 Å². The van der Waals surface area contributed by atoms with E-state index in [1.807, 2.05) is 6.07 Å². The molecular weight excluding hydrogens is 176 g/mol. The molecule has 0 atom stereocenters. The number of pyridine rings is 1. The van der Waals surface area contributed by atoms with Crippen molar-refractivity contribution in [3.8, 4) is 0 Å². The fourth-order valence-electron chi connectivity index (χ4n) is 1.36. The molecule has 0 bridgehead atoms.